The van der Waals surface area contributed by atoms with Crippen molar-refractivity contribution in [3.63, 3.8) is 0 Å². The number of nitrogens with zero attached hydrogens (tertiary/aromatic N) is 2. The number of fused-ring (bicyclic) bond motifs is 1. The summed E-state index contributed by atoms with van der Waals surface area (Å²) in [5.41, 5.74) is 0.907. The summed E-state index contributed by atoms with van der Waals surface area (Å²) >= 11 is 0. The van der Waals surface area contributed by atoms with Crippen LogP contribution in [-0.2, 0) is 32.0 Å². The lowest BCUT2D eigenvalue weighted by Gasteiger charge is -2.22. The number of methoxy groups -OCH3 is 1. The third kappa shape index (κ3) is 6.59. The highest BCUT2D eigenvalue weighted by atomic mass is 16.6. The van der Waals surface area contributed by atoms with Gasteiger partial charge in [-0.2, -0.15) is 0 Å². The third-order valence-electron chi connectivity index (χ3n) is 5.10. The molecule has 0 saturated carbocycles. The van der Waals surface area contributed by atoms with Gasteiger partial charge in [-0.25, -0.2) is 14.4 Å². The molecule has 2 aromatic carbocycles. The lowest BCUT2D eigenvalue weighted by atomic mass is 10.1. The van der Waals surface area contributed by atoms with Gasteiger partial charge in [-0.1, -0.05) is 18.2 Å². The Labute approximate surface area is 207 Å². The van der Waals surface area contributed by atoms with Crippen molar-refractivity contribution in [1.29, 1.82) is 0 Å². The highest BCUT2D eigenvalue weighted by Gasteiger charge is 2.27. The molecule has 36 heavy (non-hydrogen) atoms. The molecule has 0 radical (unpaired) electrons. The fraction of sp³-hybridized carbons (Fsp3) is 0.320. The van der Waals surface area contributed by atoms with Crippen molar-refractivity contribution in [3.8, 4) is 0 Å². The second-order valence-electron chi connectivity index (χ2n) is 8.95. The number of nitro benzene ring substituents is 1. The Hall–Kier alpha value is -4.41. The van der Waals surface area contributed by atoms with E-state index in [1.807, 2.05) is 0 Å². The number of benzene rings is 2. The molecule has 11 nitrogen and oxygen atoms in total. The second-order valence-corrected chi connectivity index (χ2v) is 8.95. The van der Waals surface area contributed by atoms with Gasteiger partial charge < -0.3 is 19.5 Å². The van der Waals surface area contributed by atoms with Gasteiger partial charge in [0.2, 0.25) is 0 Å². The van der Waals surface area contributed by atoms with E-state index in [1.165, 1.54) is 42.1 Å². The van der Waals surface area contributed by atoms with E-state index < -0.39 is 34.7 Å². The maximum Gasteiger partial charge on any atom is 0.418 e. The normalized spacial score (nSPS) is 12.0. The minimum Gasteiger partial charge on any atom is -0.467 e. The van der Waals surface area contributed by atoms with E-state index in [0.717, 1.165) is 0 Å². The van der Waals surface area contributed by atoms with Crippen LogP contribution in [0.25, 0.3) is 10.9 Å². The Kier molecular flexibility index (Phi) is 7.93. The Morgan fingerprint density at radius 2 is 1.75 bits per heavy atom. The number of amides is 1. The molecule has 1 heterocycles. The SMILES string of the molecule is COC(=O)[C@H](Cc1cn(C(=O)OCc2ccc([N+](=O)[O-])cc2)c2ccccc12)NC(=O)OC(C)(C)C. The predicted octanol–water partition coefficient (Wildman–Crippen LogP) is 4.34. The first-order chi connectivity index (χ1) is 17.0. The fourth-order valence-electron chi connectivity index (χ4n) is 3.50. The fourth-order valence-corrected chi connectivity index (χ4v) is 3.50. The van der Waals surface area contributed by atoms with Gasteiger partial charge in [-0.05, 0) is 50.1 Å². The van der Waals surface area contributed by atoms with Crippen molar-refractivity contribution in [2.45, 2.75) is 45.4 Å². The summed E-state index contributed by atoms with van der Waals surface area (Å²) in [5, 5.41) is 14.0. The Morgan fingerprint density at radius 1 is 1.08 bits per heavy atom. The number of rotatable bonds is 7. The number of carbonyl (C=O) groups is 3. The number of hydrogen-bond acceptors (Lipinski definition) is 8. The molecule has 0 aliphatic rings. The maximum absolute atomic E-state index is 12.9. The van der Waals surface area contributed by atoms with Crippen molar-refractivity contribution < 1.29 is 33.5 Å². The van der Waals surface area contributed by atoms with Crippen LogP contribution in [0.2, 0.25) is 0 Å². The van der Waals surface area contributed by atoms with Crippen molar-refractivity contribution in [2.24, 2.45) is 0 Å². The van der Waals surface area contributed by atoms with Gasteiger partial charge in [0.25, 0.3) is 5.69 Å². The summed E-state index contributed by atoms with van der Waals surface area (Å²) in [5.74, 6) is -0.668. The van der Waals surface area contributed by atoms with Gasteiger partial charge in [0.05, 0.1) is 17.5 Å². The lowest BCUT2D eigenvalue weighted by Crippen LogP contribution is -2.45. The number of non-ortho nitro benzene ring substituents is 1. The molecule has 0 spiro atoms. The summed E-state index contributed by atoms with van der Waals surface area (Å²) in [6.45, 7) is 5.02. The molecule has 0 saturated heterocycles. The first kappa shape index (κ1) is 26.2. The van der Waals surface area contributed by atoms with Crippen LogP contribution in [0.4, 0.5) is 15.3 Å². The summed E-state index contributed by atoms with van der Waals surface area (Å²) in [7, 11) is 1.21. The number of nitro groups is 1. The molecular formula is C25H27N3O8. The number of carbonyl (C=O) groups excluding carboxylic acids is 3. The van der Waals surface area contributed by atoms with Crippen LogP contribution in [-0.4, -0.2) is 46.4 Å². The lowest BCUT2D eigenvalue weighted by molar-refractivity contribution is -0.384. The van der Waals surface area contributed by atoms with E-state index in [0.29, 0.717) is 22.0 Å². The van der Waals surface area contributed by atoms with Crippen molar-refractivity contribution in [3.05, 3.63) is 76.0 Å². The quantitative estimate of drug-likeness (QED) is 0.220. The van der Waals surface area contributed by atoms with E-state index >= 15 is 0 Å². The zero-order valence-electron chi connectivity index (χ0n) is 20.3. The molecule has 0 aliphatic carbocycles. The molecule has 3 aromatic rings. The van der Waals surface area contributed by atoms with E-state index in [2.05, 4.69) is 5.32 Å². The van der Waals surface area contributed by atoms with E-state index in [9.17, 15) is 24.5 Å². The highest BCUT2D eigenvalue weighted by molar-refractivity contribution is 5.92. The molecule has 190 valence electrons. The van der Waals surface area contributed by atoms with E-state index in [1.54, 1.807) is 45.0 Å². The molecule has 1 amide bonds. The molecule has 3 rings (SSSR count). The third-order valence-corrected chi connectivity index (χ3v) is 5.10. The highest BCUT2D eigenvalue weighted by Crippen LogP contribution is 2.24. The number of alkyl carbamates (subject to hydrolysis) is 1. The van der Waals surface area contributed by atoms with Crippen molar-refractivity contribution in [2.75, 3.05) is 7.11 Å². The number of esters is 1. The first-order valence-electron chi connectivity index (χ1n) is 11.1. The van der Waals surface area contributed by atoms with Crippen LogP contribution < -0.4 is 5.32 Å². The maximum atomic E-state index is 12.9. The summed E-state index contributed by atoms with van der Waals surface area (Å²) in [6.07, 6.45) is 0.125. The minimum absolute atomic E-state index is 0.0368. The molecule has 11 heteroatoms. The second kappa shape index (κ2) is 10.9. The molecule has 1 atom stereocenters. The van der Waals surface area contributed by atoms with Gasteiger partial charge in [-0.15, -0.1) is 0 Å². The van der Waals surface area contributed by atoms with E-state index in [4.69, 9.17) is 14.2 Å². The molecular weight excluding hydrogens is 470 g/mol. The topological polar surface area (TPSA) is 139 Å². The summed E-state index contributed by atoms with van der Waals surface area (Å²) in [4.78, 5) is 47.8. The van der Waals surface area contributed by atoms with Crippen LogP contribution in [0.15, 0.2) is 54.7 Å². The zero-order valence-corrected chi connectivity index (χ0v) is 20.3. The molecule has 0 unspecified atom stereocenters. The average Bonchev–Trinajstić information content (AvgIpc) is 3.19. The number of aromatic nitrogens is 1. The first-order valence-corrected chi connectivity index (χ1v) is 11.1. The molecule has 0 fully saturated rings. The van der Waals surface area contributed by atoms with Crippen LogP contribution >= 0.6 is 0 Å². The van der Waals surface area contributed by atoms with Crippen LogP contribution in [0.3, 0.4) is 0 Å². The van der Waals surface area contributed by atoms with Gasteiger partial charge in [0.15, 0.2) is 0 Å². The molecule has 1 aromatic heterocycles. The number of ether oxygens (including phenoxy) is 3. The monoisotopic (exact) mass is 497 g/mol. The number of hydrogen-bond donors (Lipinski definition) is 1. The molecule has 1 N–H and O–H groups in total. The Balaban J connectivity index is 1.81. The Morgan fingerprint density at radius 3 is 2.36 bits per heavy atom. The smallest absolute Gasteiger partial charge is 0.418 e. The summed E-state index contributed by atoms with van der Waals surface area (Å²) in [6, 6.07) is 11.7. The average molecular weight is 498 g/mol. The van der Waals surface area contributed by atoms with E-state index in [-0.39, 0.29) is 18.7 Å². The van der Waals surface area contributed by atoms with Gasteiger partial charge in [0.1, 0.15) is 18.2 Å². The molecule has 0 bridgehead atoms. The zero-order chi connectivity index (χ0) is 26.5. The number of nitrogens with one attached hydrogen (secondary N) is 1. The summed E-state index contributed by atoms with van der Waals surface area (Å²) < 4.78 is 16.8. The van der Waals surface area contributed by atoms with Crippen molar-refractivity contribution >= 4 is 34.7 Å². The van der Waals surface area contributed by atoms with Crippen LogP contribution in [0.5, 0.6) is 0 Å². The standard InChI is InChI=1S/C25H27N3O8/c1-25(2,3)36-23(30)26-20(22(29)34-4)13-17-14-27(21-8-6-5-7-19(17)21)24(31)35-15-16-9-11-18(12-10-16)28(32)33/h5-12,14,20H,13,15H2,1-4H3,(H,26,30)/t20-/m0/s1. The van der Waals surface area contributed by atoms with Gasteiger partial charge in [-0.3, -0.25) is 14.7 Å². The van der Waals surface area contributed by atoms with Gasteiger partial charge >= 0.3 is 18.2 Å². The predicted molar refractivity (Wildman–Crippen MR) is 129 cm³/mol. The van der Waals surface area contributed by atoms with Gasteiger partial charge in [0, 0.05) is 30.1 Å². The van der Waals surface area contributed by atoms with Crippen LogP contribution in [0.1, 0.15) is 31.9 Å². The Bertz CT molecular complexity index is 1270. The molecule has 0 aliphatic heterocycles. The van der Waals surface area contributed by atoms with Crippen LogP contribution in [0, 0.1) is 10.1 Å². The number of para-hydroxylation sites is 1. The van der Waals surface area contributed by atoms with Crippen molar-refractivity contribution in [1.82, 2.24) is 9.88 Å². The minimum atomic E-state index is -1.06. The largest absolute Gasteiger partial charge is 0.467 e.